The van der Waals surface area contributed by atoms with Crippen LogP contribution >= 0.6 is 23.1 Å². The number of thiophene rings is 1. The van der Waals surface area contributed by atoms with Crippen molar-refractivity contribution < 1.29 is 9.59 Å². The van der Waals surface area contributed by atoms with Gasteiger partial charge in [0.1, 0.15) is 6.33 Å². The molecule has 7 heteroatoms. The molecule has 3 aromatic rings. The average Bonchev–Trinajstić information content (AvgIpc) is 3.20. The van der Waals surface area contributed by atoms with Crippen LogP contribution in [-0.2, 0) is 11.2 Å². The van der Waals surface area contributed by atoms with Crippen LogP contribution in [0.1, 0.15) is 16.2 Å². The van der Waals surface area contributed by atoms with Gasteiger partial charge in [0.2, 0.25) is 5.78 Å². The summed E-state index contributed by atoms with van der Waals surface area (Å²) >= 11 is 3.15. The van der Waals surface area contributed by atoms with Gasteiger partial charge < -0.3 is 0 Å². The molecule has 0 radical (unpaired) electrons. The zero-order valence-electron chi connectivity index (χ0n) is 11.4. The Morgan fingerprint density at radius 1 is 1.18 bits per heavy atom. The first-order valence-corrected chi connectivity index (χ1v) is 8.16. The monoisotopic (exact) mass is 329 g/mol. The molecule has 2 aromatic heterocycles. The number of hydrogen-bond donors (Lipinski definition) is 1. The molecular formula is C15H11N3O2S2. The Labute approximate surface area is 134 Å². The van der Waals surface area contributed by atoms with Gasteiger partial charge >= 0.3 is 0 Å². The van der Waals surface area contributed by atoms with E-state index in [2.05, 4.69) is 15.2 Å². The van der Waals surface area contributed by atoms with Gasteiger partial charge in [-0.05, 0) is 29.1 Å². The van der Waals surface area contributed by atoms with Gasteiger partial charge in [-0.1, -0.05) is 30.0 Å². The fourth-order valence-electron chi connectivity index (χ4n) is 1.84. The third kappa shape index (κ3) is 3.32. The number of H-pyrrole nitrogens is 1. The van der Waals surface area contributed by atoms with Crippen molar-refractivity contribution in [3.05, 3.63) is 59.5 Å². The highest BCUT2D eigenvalue weighted by Gasteiger charge is 2.21. The number of rotatable bonds is 6. The van der Waals surface area contributed by atoms with Gasteiger partial charge in [0.05, 0.1) is 4.21 Å². The number of benzene rings is 1. The molecule has 3 rings (SSSR count). The van der Waals surface area contributed by atoms with Crippen molar-refractivity contribution in [2.75, 3.05) is 0 Å². The number of ketones is 2. The molecule has 0 bridgehead atoms. The summed E-state index contributed by atoms with van der Waals surface area (Å²) in [6, 6.07) is 11.8. The molecule has 0 unspecified atom stereocenters. The molecule has 110 valence electrons. The molecular weight excluding hydrogens is 318 g/mol. The Hall–Kier alpha value is -2.25. The first-order chi connectivity index (χ1) is 10.7. The van der Waals surface area contributed by atoms with Crippen LogP contribution in [0.3, 0.4) is 0 Å². The van der Waals surface area contributed by atoms with Crippen molar-refractivity contribution in [1.82, 2.24) is 15.2 Å². The predicted octanol–water partition coefficient (Wildman–Crippen LogP) is 3.01. The predicted molar refractivity (Wildman–Crippen MR) is 84.3 cm³/mol. The molecule has 0 aliphatic rings. The van der Waals surface area contributed by atoms with Crippen LogP contribution in [0, 0.1) is 0 Å². The average molecular weight is 329 g/mol. The summed E-state index contributed by atoms with van der Waals surface area (Å²) in [5.41, 5.74) is 0.858. The Morgan fingerprint density at radius 3 is 2.73 bits per heavy atom. The maximum absolute atomic E-state index is 12.1. The zero-order valence-corrected chi connectivity index (χ0v) is 13.0. The number of aromatic nitrogens is 3. The van der Waals surface area contributed by atoms with E-state index in [4.69, 9.17) is 0 Å². The number of carbonyl (C=O) groups is 2. The molecule has 0 saturated carbocycles. The van der Waals surface area contributed by atoms with E-state index >= 15 is 0 Å². The second kappa shape index (κ2) is 6.67. The molecule has 0 fully saturated rings. The van der Waals surface area contributed by atoms with Crippen LogP contribution in [0.5, 0.6) is 0 Å². The molecule has 5 nitrogen and oxygen atoms in total. The fraction of sp³-hybridized carbons (Fsp3) is 0.0667. The minimum absolute atomic E-state index is 0.0162. The van der Waals surface area contributed by atoms with E-state index < -0.39 is 11.6 Å². The summed E-state index contributed by atoms with van der Waals surface area (Å²) < 4.78 is 1.02. The van der Waals surface area contributed by atoms with Crippen LogP contribution in [0.4, 0.5) is 0 Å². The zero-order chi connectivity index (χ0) is 15.4. The standard InChI is InChI=1S/C15H11N3O2S2/c19-12(13(20)14-16-9-17-18-14)8-10-6-7-21-15(10)22-11-4-2-1-3-5-11/h1-7,9H,8H2,(H,16,17,18). The van der Waals surface area contributed by atoms with E-state index in [-0.39, 0.29) is 12.2 Å². The first-order valence-electron chi connectivity index (χ1n) is 6.46. The summed E-state index contributed by atoms with van der Waals surface area (Å²) in [7, 11) is 0. The summed E-state index contributed by atoms with van der Waals surface area (Å²) in [5.74, 6) is -1.15. The second-order valence-electron chi connectivity index (χ2n) is 4.41. The van der Waals surface area contributed by atoms with Crippen molar-refractivity contribution in [2.24, 2.45) is 0 Å². The van der Waals surface area contributed by atoms with Gasteiger partial charge in [-0.3, -0.25) is 14.7 Å². The van der Waals surface area contributed by atoms with Crippen molar-refractivity contribution >= 4 is 34.7 Å². The lowest BCUT2D eigenvalue weighted by atomic mass is 10.1. The molecule has 1 aromatic carbocycles. The maximum atomic E-state index is 12.1. The quantitative estimate of drug-likeness (QED) is 0.556. The molecule has 2 heterocycles. The first kappa shape index (κ1) is 14.7. The lowest BCUT2D eigenvalue weighted by Gasteiger charge is -2.02. The van der Waals surface area contributed by atoms with E-state index in [1.165, 1.54) is 6.33 Å². The van der Waals surface area contributed by atoms with Crippen LogP contribution in [0.15, 0.2) is 57.2 Å². The third-order valence-electron chi connectivity index (χ3n) is 2.89. The van der Waals surface area contributed by atoms with Crippen molar-refractivity contribution in [2.45, 2.75) is 15.5 Å². The van der Waals surface area contributed by atoms with E-state index in [1.807, 2.05) is 41.8 Å². The number of hydrogen-bond acceptors (Lipinski definition) is 6. The number of nitrogens with zero attached hydrogens (tertiary/aromatic N) is 2. The molecule has 1 N–H and O–H groups in total. The van der Waals surface area contributed by atoms with Crippen LogP contribution in [0.2, 0.25) is 0 Å². The summed E-state index contributed by atoms with van der Waals surface area (Å²) in [5, 5.41) is 7.93. The van der Waals surface area contributed by atoms with Crippen LogP contribution < -0.4 is 0 Å². The van der Waals surface area contributed by atoms with Gasteiger partial charge in [0, 0.05) is 11.3 Å². The minimum Gasteiger partial charge on any atom is -0.290 e. The number of Topliss-reactive ketones (excluding diaryl/α,β-unsaturated/α-hetero) is 2. The highest BCUT2D eigenvalue weighted by molar-refractivity contribution is 8.01. The normalized spacial score (nSPS) is 10.5. The minimum atomic E-state index is -0.639. The molecule has 0 saturated heterocycles. The lowest BCUT2D eigenvalue weighted by molar-refractivity contribution is -0.114. The summed E-state index contributed by atoms with van der Waals surface area (Å²) in [6.07, 6.45) is 1.28. The Balaban J connectivity index is 1.72. The fourth-order valence-corrected chi connectivity index (χ4v) is 3.91. The third-order valence-corrected chi connectivity index (χ3v) is 5.14. The molecule has 22 heavy (non-hydrogen) atoms. The smallest absolute Gasteiger partial charge is 0.265 e. The Bertz CT molecular complexity index is 782. The Morgan fingerprint density at radius 2 is 2.00 bits per heavy atom. The number of aromatic amines is 1. The SMILES string of the molecule is O=C(Cc1ccsc1Sc1ccccc1)C(=O)c1ncn[nH]1. The Kier molecular flexibility index (Phi) is 4.45. The van der Waals surface area contributed by atoms with E-state index in [1.54, 1.807) is 23.1 Å². The summed E-state index contributed by atoms with van der Waals surface area (Å²) in [4.78, 5) is 28.8. The van der Waals surface area contributed by atoms with E-state index in [9.17, 15) is 9.59 Å². The highest BCUT2D eigenvalue weighted by atomic mass is 32.2. The highest BCUT2D eigenvalue weighted by Crippen LogP contribution is 2.35. The molecule has 0 aliphatic heterocycles. The largest absolute Gasteiger partial charge is 0.290 e. The second-order valence-corrected chi connectivity index (χ2v) is 6.67. The molecule has 0 aliphatic carbocycles. The molecule has 0 atom stereocenters. The summed E-state index contributed by atoms with van der Waals surface area (Å²) in [6.45, 7) is 0. The van der Waals surface area contributed by atoms with Gasteiger partial charge in [-0.15, -0.1) is 11.3 Å². The van der Waals surface area contributed by atoms with E-state index in [0.717, 1.165) is 14.7 Å². The van der Waals surface area contributed by atoms with Crippen molar-refractivity contribution in [1.29, 1.82) is 0 Å². The van der Waals surface area contributed by atoms with Crippen molar-refractivity contribution in [3.8, 4) is 0 Å². The number of nitrogens with one attached hydrogen (secondary N) is 1. The molecule has 0 spiro atoms. The number of carbonyl (C=O) groups excluding carboxylic acids is 2. The van der Waals surface area contributed by atoms with Gasteiger partial charge in [0.15, 0.2) is 5.82 Å². The van der Waals surface area contributed by atoms with Crippen LogP contribution in [-0.4, -0.2) is 26.7 Å². The maximum Gasteiger partial charge on any atom is 0.265 e. The lowest BCUT2D eigenvalue weighted by Crippen LogP contribution is -2.18. The van der Waals surface area contributed by atoms with Gasteiger partial charge in [-0.2, -0.15) is 5.10 Å². The van der Waals surface area contributed by atoms with Crippen LogP contribution in [0.25, 0.3) is 0 Å². The van der Waals surface area contributed by atoms with Crippen molar-refractivity contribution in [3.63, 3.8) is 0 Å². The molecule has 0 amide bonds. The topological polar surface area (TPSA) is 75.7 Å². The van der Waals surface area contributed by atoms with E-state index in [0.29, 0.717) is 0 Å². The van der Waals surface area contributed by atoms with Gasteiger partial charge in [-0.25, -0.2) is 4.98 Å². The van der Waals surface area contributed by atoms with Gasteiger partial charge in [0.25, 0.3) is 5.78 Å².